The minimum absolute atomic E-state index is 0.0866. The van der Waals surface area contributed by atoms with Gasteiger partial charge in [0.25, 0.3) is 5.91 Å². The lowest BCUT2D eigenvalue weighted by molar-refractivity contribution is 0.0788. The highest BCUT2D eigenvalue weighted by atomic mass is 32.2. The van der Waals surface area contributed by atoms with E-state index in [4.69, 9.17) is 0 Å². The van der Waals surface area contributed by atoms with Crippen molar-refractivity contribution in [3.63, 3.8) is 0 Å². The van der Waals surface area contributed by atoms with Gasteiger partial charge in [0, 0.05) is 37.9 Å². The molecule has 0 saturated heterocycles. The van der Waals surface area contributed by atoms with Crippen molar-refractivity contribution in [3.05, 3.63) is 42.0 Å². The number of fused-ring (bicyclic) bond motifs is 1. The number of amides is 1. The molecule has 0 aromatic carbocycles. The lowest BCUT2D eigenvalue weighted by Crippen LogP contribution is -2.26. The first kappa shape index (κ1) is 12.2. The van der Waals surface area contributed by atoms with Gasteiger partial charge < -0.3 is 9.47 Å². The number of aryl methyl sites for hydroxylation is 1. The Kier molecular flexibility index (Phi) is 3.25. The fourth-order valence-electron chi connectivity index (χ4n) is 2.10. The van der Waals surface area contributed by atoms with Crippen LogP contribution in [0.15, 0.2) is 35.9 Å². The molecular weight excluding hydrogens is 260 g/mol. The minimum Gasteiger partial charge on any atom is -0.332 e. The molecule has 1 aliphatic heterocycles. The monoisotopic (exact) mass is 274 g/mol. The van der Waals surface area contributed by atoms with Crippen LogP contribution in [0.4, 0.5) is 0 Å². The van der Waals surface area contributed by atoms with Gasteiger partial charge in [-0.2, -0.15) is 0 Å². The minimum atomic E-state index is 0.0866. The molecule has 0 fully saturated rings. The molecule has 98 valence electrons. The fraction of sp³-hybridized carbons (Fsp3) is 0.308. The summed E-state index contributed by atoms with van der Waals surface area (Å²) in [7, 11) is 1.97. The molecule has 0 bridgehead atoms. The second-order valence-corrected chi connectivity index (χ2v) is 5.46. The quantitative estimate of drug-likeness (QED) is 0.794. The lowest BCUT2D eigenvalue weighted by atomic mass is 10.2. The van der Waals surface area contributed by atoms with Crippen LogP contribution < -0.4 is 0 Å². The van der Waals surface area contributed by atoms with Gasteiger partial charge in [0.1, 0.15) is 0 Å². The Morgan fingerprint density at radius 3 is 3.00 bits per heavy atom. The van der Waals surface area contributed by atoms with Gasteiger partial charge in [-0.3, -0.25) is 9.78 Å². The molecule has 2 aromatic heterocycles. The Morgan fingerprint density at radius 1 is 1.37 bits per heavy atom. The summed E-state index contributed by atoms with van der Waals surface area (Å²) < 4.78 is 1.98. The van der Waals surface area contributed by atoms with E-state index in [1.165, 1.54) is 0 Å². The largest absolute Gasteiger partial charge is 0.332 e. The zero-order valence-electron chi connectivity index (χ0n) is 10.6. The second-order valence-electron chi connectivity index (χ2n) is 4.39. The van der Waals surface area contributed by atoms with Crippen LogP contribution in [0.3, 0.4) is 0 Å². The van der Waals surface area contributed by atoms with Crippen molar-refractivity contribution < 1.29 is 4.79 Å². The van der Waals surface area contributed by atoms with Crippen molar-refractivity contribution in [1.82, 2.24) is 19.4 Å². The van der Waals surface area contributed by atoms with Gasteiger partial charge in [-0.05, 0) is 12.1 Å². The van der Waals surface area contributed by atoms with E-state index in [-0.39, 0.29) is 5.91 Å². The molecule has 0 atom stereocenters. The van der Waals surface area contributed by atoms with Gasteiger partial charge in [0.05, 0.1) is 17.8 Å². The maximum Gasteiger partial charge on any atom is 0.256 e. The van der Waals surface area contributed by atoms with Crippen LogP contribution in [-0.4, -0.2) is 37.6 Å². The molecule has 1 aliphatic rings. The van der Waals surface area contributed by atoms with Gasteiger partial charge in [0.15, 0.2) is 5.16 Å². The highest BCUT2D eigenvalue weighted by molar-refractivity contribution is 7.99. The number of aromatic nitrogens is 3. The Morgan fingerprint density at radius 2 is 2.26 bits per heavy atom. The number of hydrogen-bond donors (Lipinski definition) is 0. The van der Waals surface area contributed by atoms with Crippen LogP contribution in [0.5, 0.6) is 0 Å². The Bertz CT molecular complexity index is 610. The molecule has 5 nitrogen and oxygen atoms in total. The van der Waals surface area contributed by atoms with Gasteiger partial charge in [0.2, 0.25) is 0 Å². The third kappa shape index (κ3) is 2.35. The summed E-state index contributed by atoms with van der Waals surface area (Å²) in [5, 5.41) is 0.974. The van der Waals surface area contributed by atoms with Crippen LogP contribution in [0, 0.1) is 0 Å². The van der Waals surface area contributed by atoms with Crippen molar-refractivity contribution in [2.45, 2.75) is 11.7 Å². The van der Waals surface area contributed by atoms with Crippen molar-refractivity contribution in [2.75, 3.05) is 12.3 Å². The van der Waals surface area contributed by atoms with Crippen LogP contribution in [0.1, 0.15) is 16.1 Å². The molecule has 0 unspecified atom stereocenters. The Labute approximate surface area is 115 Å². The number of carbonyl (C=O) groups is 1. The van der Waals surface area contributed by atoms with E-state index in [1.807, 2.05) is 34.8 Å². The van der Waals surface area contributed by atoms with Crippen molar-refractivity contribution >= 4 is 17.7 Å². The maximum atomic E-state index is 12.1. The molecule has 0 saturated carbocycles. The van der Waals surface area contributed by atoms with Crippen LogP contribution >= 0.6 is 11.8 Å². The number of imidazole rings is 1. The van der Waals surface area contributed by atoms with Gasteiger partial charge in [-0.25, -0.2) is 4.98 Å². The van der Waals surface area contributed by atoms with E-state index in [1.54, 1.807) is 24.2 Å². The number of rotatable bonds is 4. The molecule has 6 heteroatoms. The molecule has 0 N–H and O–H groups in total. The van der Waals surface area contributed by atoms with Gasteiger partial charge >= 0.3 is 0 Å². The number of hydrogen-bond acceptors (Lipinski definition) is 4. The summed E-state index contributed by atoms with van der Waals surface area (Å²) in [6.45, 7) is 1.34. The predicted molar refractivity (Wildman–Crippen MR) is 72.9 cm³/mol. The second kappa shape index (κ2) is 5.05. The van der Waals surface area contributed by atoms with Crippen molar-refractivity contribution in [2.24, 2.45) is 7.05 Å². The smallest absolute Gasteiger partial charge is 0.256 e. The summed E-state index contributed by atoms with van der Waals surface area (Å²) >= 11 is 1.66. The first-order valence-corrected chi connectivity index (χ1v) is 7.07. The number of carbonyl (C=O) groups excluding carboxylic acids is 1. The topological polar surface area (TPSA) is 51.0 Å². The standard InChI is InChI=1S/C13H14N4OS/c1-16-6-5-15-13(16)19-8-7-17-9-11-10(12(17)18)3-2-4-14-11/h2-6H,7-9H2,1H3. The number of thioether (sulfide) groups is 1. The molecular formula is C13H14N4OS. The summed E-state index contributed by atoms with van der Waals surface area (Å²) in [5.41, 5.74) is 1.62. The average Bonchev–Trinajstić information content (AvgIpc) is 2.96. The average molecular weight is 274 g/mol. The third-order valence-electron chi connectivity index (χ3n) is 3.12. The van der Waals surface area contributed by atoms with Crippen molar-refractivity contribution in [1.29, 1.82) is 0 Å². The molecule has 2 aromatic rings. The molecule has 0 spiro atoms. The van der Waals surface area contributed by atoms with E-state index >= 15 is 0 Å². The van der Waals surface area contributed by atoms with Crippen LogP contribution in [-0.2, 0) is 13.6 Å². The molecule has 3 rings (SSSR count). The SMILES string of the molecule is Cn1ccnc1SCCN1Cc2ncccc2C1=O. The highest BCUT2D eigenvalue weighted by Gasteiger charge is 2.27. The van der Waals surface area contributed by atoms with Crippen molar-refractivity contribution in [3.8, 4) is 0 Å². The van der Waals surface area contributed by atoms with E-state index in [0.29, 0.717) is 13.1 Å². The normalized spacial score (nSPS) is 13.9. The zero-order chi connectivity index (χ0) is 13.2. The molecule has 0 radical (unpaired) electrons. The van der Waals surface area contributed by atoms with E-state index in [9.17, 15) is 4.79 Å². The zero-order valence-corrected chi connectivity index (χ0v) is 11.4. The van der Waals surface area contributed by atoms with Gasteiger partial charge in [-0.1, -0.05) is 11.8 Å². The number of pyridine rings is 1. The predicted octanol–water partition coefficient (Wildman–Crippen LogP) is 1.56. The fourth-order valence-corrected chi connectivity index (χ4v) is 2.99. The lowest BCUT2D eigenvalue weighted by Gasteiger charge is -2.14. The summed E-state index contributed by atoms with van der Waals surface area (Å²) in [6.07, 6.45) is 5.43. The first-order chi connectivity index (χ1) is 9.25. The Balaban J connectivity index is 1.58. The third-order valence-corrected chi connectivity index (χ3v) is 4.16. The van der Waals surface area contributed by atoms with E-state index in [2.05, 4.69) is 9.97 Å². The van der Waals surface area contributed by atoms with Gasteiger partial charge in [-0.15, -0.1) is 0 Å². The van der Waals surface area contributed by atoms with E-state index in [0.717, 1.165) is 22.2 Å². The molecule has 1 amide bonds. The molecule has 19 heavy (non-hydrogen) atoms. The molecule has 3 heterocycles. The highest BCUT2D eigenvalue weighted by Crippen LogP contribution is 2.21. The molecule has 0 aliphatic carbocycles. The first-order valence-electron chi connectivity index (χ1n) is 6.09. The summed E-state index contributed by atoms with van der Waals surface area (Å²) in [5.74, 6) is 0.924. The number of nitrogens with zero attached hydrogens (tertiary/aromatic N) is 4. The van der Waals surface area contributed by atoms with E-state index < -0.39 is 0 Å². The maximum absolute atomic E-state index is 12.1. The summed E-state index contributed by atoms with van der Waals surface area (Å²) in [6, 6.07) is 3.65. The van der Waals surface area contributed by atoms with Crippen LogP contribution in [0.25, 0.3) is 0 Å². The van der Waals surface area contributed by atoms with Crippen LogP contribution in [0.2, 0.25) is 0 Å². The summed E-state index contributed by atoms with van der Waals surface area (Å²) in [4.78, 5) is 22.4. The Hall–Kier alpha value is -1.82.